The molecule has 1 heterocycles. The van der Waals surface area contributed by atoms with Gasteiger partial charge in [0.15, 0.2) is 0 Å². The van der Waals surface area contributed by atoms with Gasteiger partial charge >= 0.3 is 0 Å². The SMILES string of the molecule is Cc1ccc2c(c1)CCCN2C(=O)C(C)(C)O. The number of benzene rings is 1. The van der Waals surface area contributed by atoms with E-state index in [1.165, 1.54) is 25.0 Å². The minimum absolute atomic E-state index is 0.220. The monoisotopic (exact) mass is 233 g/mol. The second-order valence-corrected chi connectivity index (χ2v) is 5.25. The molecule has 1 aromatic rings. The van der Waals surface area contributed by atoms with E-state index in [0.717, 1.165) is 18.5 Å². The van der Waals surface area contributed by atoms with Gasteiger partial charge in [0.2, 0.25) is 0 Å². The highest BCUT2D eigenvalue weighted by Crippen LogP contribution is 2.29. The summed E-state index contributed by atoms with van der Waals surface area (Å²) < 4.78 is 0. The quantitative estimate of drug-likeness (QED) is 0.806. The Morgan fingerprint density at radius 1 is 1.41 bits per heavy atom. The number of fused-ring (bicyclic) bond motifs is 1. The zero-order valence-corrected chi connectivity index (χ0v) is 10.7. The molecule has 3 heteroatoms. The Morgan fingerprint density at radius 3 is 2.76 bits per heavy atom. The minimum atomic E-state index is -1.31. The summed E-state index contributed by atoms with van der Waals surface area (Å²) in [6.45, 7) is 5.82. The number of aryl methyl sites for hydroxylation is 2. The number of hydrogen-bond acceptors (Lipinski definition) is 2. The Kier molecular flexibility index (Phi) is 2.96. The lowest BCUT2D eigenvalue weighted by atomic mass is 9.97. The van der Waals surface area contributed by atoms with Crippen LogP contribution in [0.2, 0.25) is 0 Å². The van der Waals surface area contributed by atoms with Gasteiger partial charge in [-0.05, 0) is 45.2 Å². The third-order valence-electron chi connectivity index (χ3n) is 3.12. The van der Waals surface area contributed by atoms with E-state index in [-0.39, 0.29) is 5.91 Å². The van der Waals surface area contributed by atoms with Gasteiger partial charge in [-0.15, -0.1) is 0 Å². The number of hydrogen-bond donors (Lipinski definition) is 1. The molecule has 0 radical (unpaired) electrons. The molecule has 0 bridgehead atoms. The van der Waals surface area contributed by atoms with E-state index >= 15 is 0 Å². The van der Waals surface area contributed by atoms with Crippen molar-refractivity contribution in [1.82, 2.24) is 0 Å². The Bertz CT molecular complexity index is 446. The fourth-order valence-electron chi connectivity index (χ4n) is 2.27. The average Bonchev–Trinajstić information content (AvgIpc) is 2.25. The molecule has 0 saturated heterocycles. The first-order chi connectivity index (χ1) is 7.89. The molecular formula is C14H19NO2. The second-order valence-electron chi connectivity index (χ2n) is 5.25. The maximum absolute atomic E-state index is 12.1. The largest absolute Gasteiger partial charge is 0.381 e. The van der Waals surface area contributed by atoms with E-state index in [2.05, 4.69) is 13.0 Å². The molecule has 17 heavy (non-hydrogen) atoms. The van der Waals surface area contributed by atoms with Gasteiger partial charge in [0.1, 0.15) is 5.60 Å². The molecule has 1 aliphatic heterocycles. The Labute approximate surface area is 102 Å². The van der Waals surface area contributed by atoms with E-state index in [9.17, 15) is 9.90 Å². The lowest BCUT2D eigenvalue weighted by molar-refractivity contribution is -0.133. The summed E-state index contributed by atoms with van der Waals surface area (Å²) in [5.41, 5.74) is 2.06. The van der Waals surface area contributed by atoms with Crippen LogP contribution in [0.5, 0.6) is 0 Å². The molecular weight excluding hydrogens is 214 g/mol. The lowest BCUT2D eigenvalue weighted by Crippen LogP contribution is -2.47. The number of carbonyl (C=O) groups excluding carboxylic acids is 1. The molecule has 2 rings (SSSR count). The van der Waals surface area contributed by atoms with Gasteiger partial charge in [0.05, 0.1) is 0 Å². The number of anilines is 1. The fourth-order valence-corrected chi connectivity index (χ4v) is 2.27. The van der Waals surface area contributed by atoms with E-state index in [1.807, 2.05) is 12.1 Å². The summed E-state index contributed by atoms with van der Waals surface area (Å²) in [6.07, 6.45) is 1.96. The lowest BCUT2D eigenvalue weighted by Gasteiger charge is -2.33. The van der Waals surface area contributed by atoms with Crippen LogP contribution in [-0.2, 0) is 11.2 Å². The zero-order valence-electron chi connectivity index (χ0n) is 10.7. The molecule has 0 fully saturated rings. The highest BCUT2D eigenvalue weighted by molar-refractivity contribution is 5.99. The smallest absolute Gasteiger partial charge is 0.258 e. The third-order valence-corrected chi connectivity index (χ3v) is 3.12. The standard InChI is InChI=1S/C14H19NO2/c1-10-6-7-12-11(9-10)5-4-8-15(12)13(16)14(2,3)17/h6-7,9,17H,4-5,8H2,1-3H3. The summed E-state index contributed by atoms with van der Waals surface area (Å²) >= 11 is 0. The topological polar surface area (TPSA) is 40.5 Å². The van der Waals surface area contributed by atoms with Crippen LogP contribution in [0.15, 0.2) is 18.2 Å². The average molecular weight is 233 g/mol. The molecule has 1 aliphatic rings. The van der Waals surface area contributed by atoms with Crippen LogP contribution < -0.4 is 4.90 Å². The summed E-state index contributed by atoms with van der Waals surface area (Å²) in [6, 6.07) is 6.11. The molecule has 0 atom stereocenters. The van der Waals surface area contributed by atoms with Gasteiger partial charge < -0.3 is 10.0 Å². The number of rotatable bonds is 1. The van der Waals surface area contributed by atoms with Gasteiger partial charge in [-0.2, -0.15) is 0 Å². The maximum Gasteiger partial charge on any atom is 0.258 e. The molecule has 1 N–H and O–H groups in total. The number of nitrogens with zero attached hydrogens (tertiary/aromatic N) is 1. The van der Waals surface area contributed by atoms with Crippen LogP contribution in [0.4, 0.5) is 5.69 Å². The highest BCUT2D eigenvalue weighted by atomic mass is 16.3. The van der Waals surface area contributed by atoms with Crippen molar-refractivity contribution >= 4 is 11.6 Å². The summed E-state index contributed by atoms with van der Waals surface area (Å²) in [7, 11) is 0. The fraction of sp³-hybridized carbons (Fsp3) is 0.500. The van der Waals surface area contributed by atoms with Crippen molar-refractivity contribution in [2.24, 2.45) is 0 Å². The van der Waals surface area contributed by atoms with Crippen LogP contribution >= 0.6 is 0 Å². The summed E-state index contributed by atoms with van der Waals surface area (Å²) in [5, 5.41) is 9.83. The maximum atomic E-state index is 12.1. The first-order valence-electron chi connectivity index (χ1n) is 6.03. The van der Waals surface area contributed by atoms with Crippen molar-refractivity contribution in [3.63, 3.8) is 0 Å². The van der Waals surface area contributed by atoms with Gasteiger partial charge in [-0.25, -0.2) is 0 Å². The zero-order chi connectivity index (χ0) is 12.6. The summed E-state index contributed by atoms with van der Waals surface area (Å²) in [4.78, 5) is 13.8. The Hall–Kier alpha value is -1.35. The van der Waals surface area contributed by atoms with Gasteiger partial charge in [0.25, 0.3) is 5.91 Å². The van der Waals surface area contributed by atoms with E-state index < -0.39 is 5.60 Å². The van der Waals surface area contributed by atoms with Crippen LogP contribution in [-0.4, -0.2) is 23.2 Å². The Morgan fingerprint density at radius 2 is 2.12 bits per heavy atom. The van der Waals surface area contributed by atoms with Gasteiger partial charge in [-0.1, -0.05) is 17.7 Å². The van der Waals surface area contributed by atoms with Gasteiger partial charge in [0, 0.05) is 12.2 Å². The molecule has 0 aliphatic carbocycles. The van der Waals surface area contributed by atoms with Crippen molar-refractivity contribution in [3.8, 4) is 0 Å². The van der Waals surface area contributed by atoms with Gasteiger partial charge in [-0.3, -0.25) is 4.79 Å². The van der Waals surface area contributed by atoms with Crippen molar-refractivity contribution in [1.29, 1.82) is 0 Å². The Balaban J connectivity index is 2.39. The predicted octanol–water partition coefficient (Wildman–Crippen LogP) is 2.05. The second kappa shape index (κ2) is 4.15. The molecule has 92 valence electrons. The number of amides is 1. The molecule has 1 aromatic carbocycles. The van der Waals surface area contributed by atoms with Crippen LogP contribution in [0.1, 0.15) is 31.4 Å². The van der Waals surface area contributed by atoms with Crippen molar-refractivity contribution in [3.05, 3.63) is 29.3 Å². The first kappa shape index (κ1) is 12.1. The predicted molar refractivity (Wildman–Crippen MR) is 68.2 cm³/mol. The molecule has 3 nitrogen and oxygen atoms in total. The van der Waals surface area contributed by atoms with Crippen molar-refractivity contribution < 1.29 is 9.90 Å². The highest BCUT2D eigenvalue weighted by Gasteiger charge is 2.32. The molecule has 0 saturated carbocycles. The summed E-state index contributed by atoms with van der Waals surface area (Å²) in [5.74, 6) is -0.220. The first-order valence-corrected chi connectivity index (χ1v) is 6.03. The van der Waals surface area contributed by atoms with E-state index in [4.69, 9.17) is 0 Å². The van der Waals surface area contributed by atoms with Crippen LogP contribution in [0.3, 0.4) is 0 Å². The third kappa shape index (κ3) is 2.34. The molecule has 0 aromatic heterocycles. The van der Waals surface area contributed by atoms with Crippen molar-refractivity contribution in [2.75, 3.05) is 11.4 Å². The van der Waals surface area contributed by atoms with E-state index in [0.29, 0.717) is 6.54 Å². The molecule has 0 spiro atoms. The number of aliphatic hydroxyl groups is 1. The molecule has 0 unspecified atom stereocenters. The van der Waals surface area contributed by atoms with Crippen molar-refractivity contribution in [2.45, 2.75) is 39.2 Å². The van der Waals surface area contributed by atoms with E-state index in [1.54, 1.807) is 4.90 Å². The van der Waals surface area contributed by atoms with Crippen LogP contribution in [0.25, 0.3) is 0 Å². The number of carbonyl (C=O) groups is 1. The normalized spacial score (nSPS) is 15.6. The molecule has 1 amide bonds. The van der Waals surface area contributed by atoms with Crippen LogP contribution in [0, 0.1) is 6.92 Å². The minimum Gasteiger partial charge on any atom is -0.381 e.